The number of allylic oxidation sites excluding steroid dienone is 1. The predicted molar refractivity (Wildman–Crippen MR) is 92.7 cm³/mol. The number of thiophene rings is 1. The molecule has 0 bridgehead atoms. The molecule has 3 rings (SSSR count). The summed E-state index contributed by atoms with van der Waals surface area (Å²) >= 11 is 1.55. The second kappa shape index (κ2) is 6.61. The van der Waals surface area contributed by atoms with Gasteiger partial charge < -0.3 is 9.47 Å². The summed E-state index contributed by atoms with van der Waals surface area (Å²) in [6.45, 7) is 0. The van der Waals surface area contributed by atoms with Crippen molar-refractivity contribution in [2.75, 3.05) is 14.2 Å². The van der Waals surface area contributed by atoms with Crippen LogP contribution in [0.4, 0.5) is 0 Å². The van der Waals surface area contributed by atoms with Crippen molar-refractivity contribution in [2.45, 2.75) is 11.8 Å². The van der Waals surface area contributed by atoms with Crippen LogP contribution in [0.2, 0.25) is 0 Å². The summed E-state index contributed by atoms with van der Waals surface area (Å²) in [4.78, 5) is 26.4. The Morgan fingerprint density at radius 3 is 2.42 bits per heavy atom. The maximum Gasteiger partial charge on any atom is 0.328 e. The number of fused-ring (bicyclic) bond motifs is 1. The van der Waals surface area contributed by atoms with Crippen LogP contribution in [0, 0.1) is 5.92 Å². The summed E-state index contributed by atoms with van der Waals surface area (Å²) in [6, 6.07) is 11.6. The van der Waals surface area contributed by atoms with E-state index in [2.05, 4.69) is 0 Å². The molecule has 2 aromatic rings. The first-order valence-corrected chi connectivity index (χ1v) is 8.49. The van der Waals surface area contributed by atoms with E-state index in [1.54, 1.807) is 11.3 Å². The maximum absolute atomic E-state index is 12.7. The lowest BCUT2D eigenvalue weighted by Crippen LogP contribution is -2.48. The summed E-state index contributed by atoms with van der Waals surface area (Å²) in [5, 5.41) is 1.89. The minimum Gasteiger partial charge on any atom is -0.468 e. The van der Waals surface area contributed by atoms with Crippen LogP contribution in [0.15, 0.2) is 47.9 Å². The van der Waals surface area contributed by atoms with Gasteiger partial charge in [-0.3, -0.25) is 9.59 Å². The Bertz CT molecular complexity index is 760. The Hall–Kier alpha value is -2.40. The van der Waals surface area contributed by atoms with E-state index in [4.69, 9.17) is 9.47 Å². The van der Waals surface area contributed by atoms with E-state index in [0.717, 1.165) is 10.4 Å². The van der Waals surface area contributed by atoms with E-state index in [9.17, 15) is 9.59 Å². The monoisotopic (exact) mass is 342 g/mol. The van der Waals surface area contributed by atoms with Gasteiger partial charge in [-0.15, -0.1) is 11.3 Å². The molecule has 5 heteroatoms. The van der Waals surface area contributed by atoms with Gasteiger partial charge in [0.1, 0.15) is 0 Å². The number of hydrogen-bond acceptors (Lipinski definition) is 5. The summed E-state index contributed by atoms with van der Waals surface area (Å²) in [5.74, 6) is -1.48. The van der Waals surface area contributed by atoms with Crippen molar-refractivity contribution < 1.29 is 19.1 Å². The van der Waals surface area contributed by atoms with Gasteiger partial charge in [-0.1, -0.05) is 42.5 Å². The maximum atomic E-state index is 12.7. The second-order valence-corrected chi connectivity index (χ2v) is 6.63. The highest BCUT2D eigenvalue weighted by Crippen LogP contribution is 2.48. The quantitative estimate of drug-likeness (QED) is 0.632. The van der Waals surface area contributed by atoms with Crippen molar-refractivity contribution in [2.24, 2.45) is 5.92 Å². The molecule has 0 aliphatic heterocycles. The average Bonchev–Trinajstić information content (AvgIpc) is 3.19. The fourth-order valence-electron chi connectivity index (χ4n) is 3.33. The Morgan fingerprint density at radius 1 is 1.12 bits per heavy atom. The topological polar surface area (TPSA) is 52.6 Å². The van der Waals surface area contributed by atoms with Crippen molar-refractivity contribution in [1.29, 1.82) is 0 Å². The van der Waals surface area contributed by atoms with Gasteiger partial charge in [0.05, 0.1) is 14.2 Å². The molecular weight excluding hydrogens is 324 g/mol. The predicted octanol–water partition coefficient (Wildman–Crippen LogP) is 3.22. The molecule has 0 fully saturated rings. The molecular formula is C19H18O4S. The zero-order valence-corrected chi connectivity index (χ0v) is 14.3. The van der Waals surface area contributed by atoms with E-state index in [0.29, 0.717) is 12.0 Å². The van der Waals surface area contributed by atoms with Crippen LogP contribution < -0.4 is 0 Å². The molecule has 1 heterocycles. The summed E-state index contributed by atoms with van der Waals surface area (Å²) < 4.78 is 10.00. The standard InChI is InChI=1S/C19H18O4S/c1-22-17(20)19(18(21)23-2)14(12-16-15(19)10-11-24-16)9-8-13-6-4-3-5-7-13/h3-11,14H,12H2,1-2H3/b9-8+/t14-/m1/s1. The molecule has 0 N–H and O–H groups in total. The van der Waals surface area contributed by atoms with Crippen LogP contribution >= 0.6 is 11.3 Å². The van der Waals surface area contributed by atoms with Gasteiger partial charge in [-0.05, 0) is 29.0 Å². The number of benzene rings is 1. The highest BCUT2D eigenvalue weighted by molar-refractivity contribution is 7.10. The lowest BCUT2D eigenvalue weighted by atomic mass is 9.74. The molecule has 1 aliphatic carbocycles. The van der Waals surface area contributed by atoms with Gasteiger partial charge >= 0.3 is 11.9 Å². The van der Waals surface area contributed by atoms with Gasteiger partial charge in [0.2, 0.25) is 0 Å². The van der Waals surface area contributed by atoms with Crippen molar-refractivity contribution in [1.82, 2.24) is 0 Å². The highest BCUT2D eigenvalue weighted by Gasteiger charge is 2.60. The summed E-state index contributed by atoms with van der Waals surface area (Å²) in [7, 11) is 2.60. The number of hydrogen-bond donors (Lipinski definition) is 0. The fraction of sp³-hybridized carbons (Fsp3) is 0.263. The van der Waals surface area contributed by atoms with Crippen molar-refractivity contribution in [3.8, 4) is 0 Å². The molecule has 24 heavy (non-hydrogen) atoms. The molecule has 1 aromatic carbocycles. The van der Waals surface area contributed by atoms with E-state index >= 15 is 0 Å². The normalized spacial score (nSPS) is 18.3. The van der Waals surface area contributed by atoms with E-state index < -0.39 is 17.4 Å². The Labute approximate surface area is 144 Å². The van der Waals surface area contributed by atoms with Crippen LogP contribution in [-0.2, 0) is 30.9 Å². The van der Waals surface area contributed by atoms with Crippen LogP contribution in [0.5, 0.6) is 0 Å². The summed E-state index contributed by atoms with van der Waals surface area (Å²) in [5.41, 5.74) is 0.287. The smallest absolute Gasteiger partial charge is 0.328 e. The lowest BCUT2D eigenvalue weighted by Gasteiger charge is -2.28. The third-order valence-corrected chi connectivity index (χ3v) is 5.41. The molecule has 124 valence electrons. The van der Waals surface area contributed by atoms with Crippen molar-refractivity contribution >= 4 is 29.4 Å². The first kappa shape index (κ1) is 16.5. The van der Waals surface area contributed by atoms with Crippen LogP contribution in [0.3, 0.4) is 0 Å². The minimum absolute atomic E-state index is 0.333. The lowest BCUT2D eigenvalue weighted by molar-refractivity contribution is -0.163. The molecule has 0 radical (unpaired) electrons. The SMILES string of the molecule is COC(=O)C1(C(=O)OC)c2ccsc2C[C@H]1/C=C/c1ccccc1. The third kappa shape index (κ3) is 2.45. The second-order valence-electron chi connectivity index (χ2n) is 5.63. The number of esters is 2. The first-order valence-electron chi connectivity index (χ1n) is 7.61. The third-order valence-electron chi connectivity index (χ3n) is 4.47. The van der Waals surface area contributed by atoms with E-state index in [1.807, 2.05) is 53.9 Å². The largest absolute Gasteiger partial charge is 0.468 e. The Kier molecular flexibility index (Phi) is 4.53. The molecule has 0 amide bonds. The van der Waals surface area contributed by atoms with Crippen LogP contribution in [-0.4, -0.2) is 26.2 Å². The molecule has 0 unspecified atom stereocenters. The van der Waals surface area contributed by atoms with Crippen molar-refractivity contribution in [3.63, 3.8) is 0 Å². The van der Waals surface area contributed by atoms with Gasteiger partial charge in [0.15, 0.2) is 5.41 Å². The number of carbonyl (C=O) groups excluding carboxylic acids is 2. The fourth-order valence-corrected chi connectivity index (χ4v) is 4.33. The number of carbonyl (C=O) groups is 2. The first-order chi connectivity index (χ1) is 11.6. The van der Waals surface area contributed by atoms with Crippen molar-refractivity contribution in [3.05, 3.63) is 63.9 Å². The van der Waals surface area contributed by atoms with E-state index in [1.165, 1.54) is 14.2 Å². The van der Waals surface area contributed by atoms with E-state index in [-0.39, 0.29) is 5.92 Å². The molecule has 1 atom stereocenters. The highest BCUT2D eigenvalue weighted by atomic mass is 32.1. The Balaban J connectivity index is 2.07. The molecule has 4 nitrogen and oxygen atoms in total. The zero-order valence-electron chi connectivity index (χ0n) is 13.5. The molecule has 0 saturated heterocycles. The molecule has 1 aromatic heterocycles. The van der Waals surface area contributed by atoms with Gasteiger partial charge in [-0.25, -0.2) is 0 Å². The Morgan fingerprint density at radius 2 is 1.79 bits per heavy atom. The van der Waals surface area contributed by atoms with Crippen LogP contribution in [0.1, 0.15) is 16.0 Å². The molecule has 1 aliphatic rings. The van der Waals surface area contributed by atoms with Gasteiger partial charge in [-0.2, -0.15) is 0 Å². The van der Waals surface area contributed by atoms with Gasteiger partial charge in [0, 0.05) is 10.8 Å². The number of methoxy groups -OCH3 is 2. The molecule has 0 spiro atoms. The number of ether oxygens (including phenoxy) is 2. The minimum atomic E-state index is -1.43. The van der Waals surface area contributed by atoms with Gasteiger partial charge in [0.25, 0.3) is 0 Å². The number of rotatable bonds is 4. The summed E-state index contributed by atoms with van der Waals surface area (Å²) in [6.07, 6.45) is 4.46. The molecule has 0 saturated carbocycles. The van der Waals surface area contributed by atoms with Crippen LogP contribution in [0.25, 0.3) is 6.08 Å². The average molecular weight is 342 g/mol. The zero-order chi connectivity index (χ0) is 17.2.